The molecule has 3 nitrogen and oxygen atoms in total. The number of hydrogen-bond donors (Lipinski definition) is 1. The van der Waals surface area contributed by atoms with Gasteiger partial charge in [-0.05, 0) is 12.8 Å². The van der Waals surface area contributed by atoms with Gasteiger partial charge in [0.25, 0.3) is 0 Å². The van der Waals surface area contributed by atoms with Gasteiger partial charge in [0.05, 0.1) is 6.20 Å². The number of nitrogens with one attached hydrogen (secondary N) is 1. The molecule has 3 heteroatoms. The Kier molecular flexibility index (Phi) is 1.56. The summed E-state index contributed by atoms with van der Waals surface area (Å²) in [7, 11) is 0. The lowest BCUT2D eigenvalue weighted by molar-refractivity contribution is 0.567. The molecular formula is C8H13N3. The van der Waals surface area contributed by atoms with Crippen LogP contribution in [0.3, 0.4) is 0 Å². The highest BCUT2D eigenvalue weighted by molar-refractivity contribution is 5.44. The molecule has 2 rings (SSSR count). The Hall–Kier alpha value is -0.990. The summed E-state index contributed by atoms with van der Waals surface area (Å²) < 4.78 is 2.06. The molecule has 11 heavy (non-hydrogen) atoms. The van der Waals surface area contributed by atoms with Crippen molar-refractivity contribution in [2.24, 2.45) is 0 Å². The van der Waals surface area contributed by atoms with E-state index in [0.717, 1.165) is 19.5 Å². The Morgan fingerprint density at radius 1 is 1.73 bits per heavy atom. The van der Waals surface area contributed by atoms with E-state index in [4.69, 9.17) is 0 Å². The van der Waals surface area contributed by atoms with Crippen LogP contribution in [0.5, 0.6) is 0 Å². The number of fused-ring (bicyclic) bond motifs is 1. The molecule has 0 amide bonds. The fourth-order valence-electron chi connectivity index (χ4n) is 1.49. The summed E-state index contributed by atoms with van der Waals surface area (Å²) in [5, 5.41) is 7.64. The van der Waals surface area contributed by atoms with Gasteiger partial charge in [-0.1, -0.05) is 6.92 Å². The maximum atomic E-state index is 4.28. The predicted molar refractivity (Wildman–Crippen MR) is 44.7 cm³/mol. The van der Waals surface area contributed by atoms with Gasteiger partial charge >= 0.3 is 0 Å². The lowest BCUT2D eigenvalue weighted by Crippen LogP contribution is -2.18. The molecule has 1 aromatic rings. The third-order valence-electron chi connectivity index (χ3n) is 2.14. The van der Waals surface area contributed by atoms with Gasteiger partial charge in [0.1, 0.15) is 5.82 Å². The van der Waals surface area contributed by atoms with Crippen molar-refractivity contribution in [2.75, 3.05) is 11.9 Å². The first-order valence-electron chi connectivity index (χ1n) is 4.20. The second-order valence-electron chi connectivity index (χ2n) is 2.88. The van der Waals surface area contributed by atoms with Gasteiger partial charge in [0, 0.05) is 18.7 Å². The van der Waals surface area contributed by atoms with E-state index >= 15 is 0 Å². The van der Waals surface area contributed by atoms with E-state index in [9.17, 15) is 0 Å². The summed E-state index contributed by atoms with van der Waals surface area (Å²) >= 11 is 0. The summed E-state index contributed by atoms with van der Waals surface area (Å²) in [6, 6.07) is 0. The van der Waals surface area contributed by atoms with E-state index < -0.39 is 0 Å². The standard InChI is InChI=1S/C8H13N3/c1-2-7-6-10-11-5-3-4-9-8(7)11/h6,9H,2-5H2,1H3. The summed E-state index contributed by atoms with van der Waals surface area (Å²) in [6.07, 6.45) is 4.23. The first kappa shape index (κ1) is 6.70. The number of rotatable bonds is 1. The van der Waals surface area contributed by atoms with Crippen molar-refractivity contribution in [1.82, 2.24) is 9.78 Å². The first-order valence-corrected chi connectivity index (χ1v) is 4.20. The largest absolute Gasteiger partial charge is 0.370 e. The smallest absolute Gasteiger partial charge is 0.127 e. The molecule has 0 spiro atoms. The molecule has 1 aromatic heterocycles. The number of anilines is 1. The molecule has 1 N–H and O–H groups in total. The lowest BCUT2D eigenvalue weighted by Gasteiger charge is -2.16. The van der Waals surface area contributed by atoms with Crippen LogP contribution in [-0.2, 0) is 13.0 Å². The van der Waals surface area contributed by atoms with Crippen LogP contribution in [0.2, 0.25) is 0 Å². The Labute approximate surface area is 66.4 Å². The van der Waals surface area contributed by atoms with Crippen LogP contribution in [0.1, 0.15) is 18.9 Å². The molecule has 0 saturated heterocycles. The maximum Gasteiger partial charge on any atom is 0.127 e. The first-order chi connectivity index (χ1) is 5.42. The highest BCUT2D eigenvalue weighted by Crippen LogP contribution is 2.18. The molecule has 1 aliphatic rings. The summed E-state index contributed by atoms with van der Waals surface area (Å²) in [6.45, 7) is 4.33. The Morgan fingerprint density at radius 3 is 3.45 bits per heavy atom. The average molecular weight is 151 g/mol. The van der Waals surface area contributed by atoms with Crippen LogP contribution in [0, 0.1) is 0 Å². The third-order valence-corrected chi connectivity index (χ3v) is 2.14. The van der Waals surface area contributed by atoms with Crippen molar-refractivity contribution in [2.45, 2.75) is 26.3 Å². The van der Waals surface area contributed by atoms with E-state index in [1.54, 1.807) is 0 Å². The van der Waals surface area contributed by atoms with Gasteiger partial charge in [0.15, 0.2) is 0 Å². The van der Waals surface area contributed by atoms with E-state index in [2.05, 4.69) is 22.0 Å². The van der Waals surface area contributed by atoms with Crippen molar-refractivity contribution in [3.8, 4) is 0 Å². The van der Waals surface area contributed by atoms with Crippen molar-refractivity contribution in [3.05, 3.63) is 11.8 Å². The van der Waals surface area contributed by atoms with Crippen molar-refractivity contribution >= 4 is 5.82 Å². The molecule has 0 unspecified atom stereocenters. The van der Waals surface area contributed by atoms with Crippen molar-refractivity contribution < 1.29 is 0 Å². The minimum absolute atomic E-state index is 1.07. The monoisotopic (exact) mass is 151 g/mol. The minimum Gasteiger partial charge on any atom is -0.370 e. The molecule has 60 valence electrons. The minimum atomic E-state index is 1.07. The molecule has 0 radical (unpaired) electrons. The second-order valence-corrected chi connectivity index (χ2v) is 2.88. The summed E-state index contributed by atoms with van der Waals surface area (Å²) in [5.74, 6) is 1.23. The zero-order valence-electron chi connectivity index (χ0n) is 6.80. The van der Waals surface area contributed by atoms with Crippen LogP contribution in [0.15, 0.2) is 6.20 Å². The Morgan fingerprint density at radius 2 is 2.64 bits per heavy atom. The fraction of sp³-hybridized carbons (Fsp3) is 0.625. The number of aromatic nitrogens is 2. The number of aryl methyl sites for hydroxylation is 2. The van der Waals surface area contributed by atoms with Crippen molar-refractivity contribution in [3.63, 3.8) is 0 Å². The van der Waals surface area contributed by atoms with Crippen LogP contribution in [0.25, 0.3) is 0 Å². The Bertz CT molecular complexity index is 238. The lowest BCUT2D eigenvalue weighted by atomic mass is 10.2. The zero-order chi connectivity index (χ0) is 7.68. The average Bonchev–Trinajstić information content (AvgIpc) is 2.47. The zero-order valence-corrected chi connectivity index (χ0v) is 6.80. The molecule has 0 bridgehead atoms. The number of nitrogens with zero attached hydrogens (tertiary/aromatic N) is 2. The van der Waals surface area contributed by atoms with Crippen LogP contribution < -0.4 is 5.32 Å². The summed E-state index contributed by atoms with van der Waals surface area (Å²) in [4.78, 5) is 0. The van der Waals surface area contributed by atoms with Gasteiger partial charge in [-0.25, -0.2) is 4.68 Å². The van der Waals surface area contributed by atoms with E-state index in [1.807, 2.05) is 6.20 Å². The van der Waals surface area contributed by atoms with Crippen molar-refractivity contribution in [1.29, 1.82) is 0 Å². The molecule has 0 aliphatic carbocycles. The molecule has 2 heterocycles. The molecule has 0 atom stereocenters. The van der Waals surface area contributed by atoms with Gasteiger partial charge in [-0.2, -0.15) is 5.10 Å². The van der Waals surface area contributed by atoms with Gasteiger partial charge < -0.3 is 5.32 Å². The molecule has 0 fully saturated rings. The predicted octanol–water partition coefficient (Wildman–Crippen LogP) is 1.26. The van der Waals surface area contributed by atoms with Gasteiger partial charge in [-0.3, -0.25) is 0 Å². The van der Waals surface area contributed by atoms with E-state index in [0.29, 0.717) is 0 Å². The highest BCUT2D eigenvalue weighted by atomic mass is 15.3. The maximum absolute atomic E-state index is 4.28. The third kappa shape index (κ3) is 1.00. The molecule has 0 saturated carbocycles. The van der Waals surface area contributed by atoms with Crippen LogP contribution in [0.4, 0.5) is 5.82 Å². The molecule has 1 aliphatic heterocycles. The molecular weight excluding hydrogens is 138 g/mol. The number of hydrogen-bond acceptors (Lipinski definition) is 2. The highest BCUT2D eigenvalue weighted by Gasteiger charge is 2.11. The fourth-order valence-corrected chi connectivity index (χ4v) is 1.49. The van der Waals surface area contributed by atoms with Gasteiger partial charge in [-0.15, -0.1) is 0 Å². The quantitative estimate of drug-likeness (QED) is 0.655. The summed E-state index contributed by atoms with van der Waals surface area (Å²) in [5.41, 5.74) is 1.34. The normalized spacial score (nSPS) is 15.7. The van der Waals surface area contributed by atoms with E-state index in [1.165, 1.54) is 17.8 Å². The Balaban J connectivity index is 2.38. The topological polar surface area (TPSA) is 29.9 Å². The second kappa shape index (κ2) is 2.57. The van der Waals surface area contributed by atoms with E-state index in [-0.39, 0.29) is 0 Å². The van der Waals surface area contributed by atoms with Crippen LogP contribution in [-0.4, -0.2) is 16.3 Å². The SMILES string of the molecule is CCc1cnn2c1NCCC2. The molecule has 0 aromatic carbocycles. The van der Waals surface area contributed by atoms with Crippen LogP contribution >= 0.6 is 0 Å². The van der Waals surface area contributed by atoms with Gasteiger partial charge in [0.2, 0.25) is 0 Å².